The number of anilines is 1. The molecule has 0 radical (unpaired) electrons. The number of benzene rings is 1. The van der Waals surface area contributed by atoms with E-state index in [0.29, 0.717) is 0 Å². The molecule has 20 heavy (non-hydrogen) atoms. The lowest BCUT2D eigenvalue weighted by Crippen LogP contribution is -2.09. The second kappa shape index (κ2) is 6.05. The Bertz CT molecular complexity index is 644. The smallest absolute Gasteiger partial charge is 0.335 e. The summed E-state index contributed by atoms with van der Waals surface area (Å²) in [6.45, 7) is 3.95. The Balaban J connectivity index is 2.25. The van der Waals surface area contributed by atoms with E-state index in [1.165, 1.54) is 0 Å². The number of rotatable bonds is 4. The van der Waals surface area contributed by atoms with Crippen LogP contribution in [0.5, 0.6) is 0 Å². The van der Waals surface area contributed by atoms with Gasteiger partial charge in [-0.3, -0.25) is 4.98 Å². The number of nitrogens with zero attached hydrogens (tertiary/aromatic N) is 1. The molecule has 0 spiro atoms. The lowest BCUT2D eigenvalue weighted by atomic mass is 10.1. The fraction of sp³-hybridized carbons (Fsp3) is 0.200. The summed E-state index contributed by atoms with van der Waals surface area (Å²) < 4.78 is 0.916. The van der Waals surface area contributed by atoms with Gasteiger partial charge in [0.25, 0.3) is 0 Å². The fourth-order valence-corrected chi connectivity index (χ4v) is 2.27. The van der Waals surface area contributed by atoms with Crippen molar-refractivity contribution < 1.29 is 9.90 Å². The van der Waals surface area contributed by atoms with Crippen molar-refractivity contribution in [3.8, 4) is 0 Å². The molecule has 2 aromatic rings. The number of carboxylic acids is 1. The van der Waals surface area contributed by atoms with Gasteiger partial charge >= 0.3 is 5.97 Å². The Morgan fingerprint density at radius 3 is 2.75 bits per heavy atom. The molecular weight excluding hydrogens is 320 g/mol. The maximum absolute atomic E-state index is 11.0. The molecule has 0 aliphatic heterocycles. The molecule has 5 heteroatoms. The second-order valence-corrected chi connectivity index (χ2v) is 5.55. The summed E-state index contributed by atoms with van der Waals surface area (Å²) >= 11 is 3.39. The van der Waals surface area contributed by atoms with Gasteiger partial charge in [-0.25, -0.2) is 4.79 Å². The van der Waals surface area contributed by atoms with E-state index in [9.17, 15) is 4.79 Å². The Labute approximate surface area is 126 Å². The highest BCUT2D eigenvalue weighted by Gasteiger charge is 2.10. The maximum Gasteiger partial charge on any atom is 0.335 e. The van der Waals surface area contributed by atoms with E-state index < -0.39 is 5.97 Å². The van der Waals surface area contributed by atoms with Crippen LogP contribution in [0.15, 0.2) is 41.1 Å². The van der Waals surface area contributed by atoms with E-state index in [-0.39, 0.29) is 11.6 Å². The molecule has 0 bridgehead atoms. The van der Waals surface area contributed by atoms with Crippen LogP contribution in [0.2, 0.25) is 0 Å². The van der Waals surface area contributed by atoms with E-state index in [0.717, 1.165) is 21.3 Å². The van der Waals surface area contributed by atoms with Crippen molar-refractivity contribution in [1.82, 2.24) is 4.98 Å². The van der Waals surface area contributed by atoms with Crippen LogP contribution in [0.4, 0.5) is 5.69 Å². The quantitative estimate of drug-likeness (QED) is 0.886. The normalized spacial score (nSPS) is 11.9. The molecule has 0 amide bonds. The lowest BCUT2D eigenvalue weighted by molar-refractivity contribution is 0.0697. The molecule has 0 saturated heterocycles. The fourth-order valence-electron chi connectivity index (χ4n) is 1.89. The van der Waals surface area contributed by atoms with Crippen LogP contribution in [0.25, 0.3) is 0 Å². The van der Waals surface area contributed by atoms with Crippen molar-refractivity contribution in [2.24, 2.45) is 0 Å². The Hall–Kier alpha value is -1.88. The van der Waals surface area contributed by atoms with Gasteiger partial charge in [-0.05, 0) is 59.1 Å². The molecule has 1 atom stereocenters. The van der Waals surface area contributed by atoms with E-state index in [1.807, 2.05) is 19.9 Å². The first-order valence-electron chi connectivity index (χ1n) is 6.18. The van der Waals surface area contributed by atoms with E-state index in [4.69, 9.17) is 5.11 Å². The van der Waals surface area contributed by atoms with Crippen LogP contribution in [-0.2, 0) is 0 Å². The summed E-state index contributed by atoms with van der Waals surface area (Å²) in [5.74, 6) is -0.926. The number of hydrogen-bond acceptors (Lipinski definition) is 3. The summed E-state index contributed by atoms with van der Waals surface area (Å²) in [7, 11) is 0. The van der Waals surface area contributed by atoms with Gasteiger partial charge in [0, 0.05) is 22.6 Å². The van der Waals surface area contributed by atoms with Crippen molar-refractivity contribution in [2.45, 2.75) is 19.9 Å². The number of halogens is 1. The first kappa shape index (κ1) is 14.5. The number of aromatic carboxylic acids is 1. The van der Waals surface area contributed by atoms with Gasteiger partial charge < -0.3 is 10.4 Å². The molecule has 0 aliphatic carbocycles. The van der Waals surface area contributed by atoms with Crippen molar-refractivity contribution in [2.75, 3.05) is 5.32 Å². The van der Waals surface area contributed by atoms with Crippen molar-refractivity contribution >= 4 is 27.6 Å². The molecule has 0 aliphatic rings. The van der Waals surface area contributed by atoms with E-state index in [1.54, 1.807) is 30.6 Å². The van der Waals surface area contributed by atoms with Crippen LogP contribution in [0, 0.1) is 6.92 Å². The molecule has 1 heterocycles. The van der Waals surface area contributed by atoms with Crippen LogP contribution in [0.3, 0.4) is 0 Å². The molecule has 2 N–H and O–H groups in total. The monoisotopic (exact) mass is 334 g/mol. The number of carbonyl (C=O) groups is 1. The number of hydrogen-bond donors (Lipinski definition) is 2. The molecule has 4 nitrogen and oxygen atoms in total. The number of nitrogens with one attached hydrogen (secondary N) is 1. The Morgan fingerprint density at radius 1 is 1.35 bits per heavy atom. The SMILES string of the molecule is Cc1ccc(C(=O)O)cc1NC(C)c1cncc(Br)c1. The molecule has 2 rings (SSSR count). The highest BCUT2D eigenvalue weighted by molar-refractivity contribution is 9.10. The third-order valence-corrected chi connectivity index (χ3v) is 3.52. The van der Waals surface area contributed by atoms with Crippen LogP contribution >= 0.6 is 15.9 Å². The third-order valence-electron chi connectivity index (χ3n) is 3.08. The maximum atomic E-state index is 11.0. The number of pyridine rings is 1. The highest BCUT2D eigenvalue weighted by Crippen LogP contribution is 2.24. The zero-order valence-corrected chi connectivity index (χ0v) is 12.8. The van der Waals surface area contributed by atoms with Gasteiger partial charge in [0.15, 0.2) is 0 Å². The molecule has 104 valence electrons. The van der Waals surface area contributed by atoms with Crippen LogP contribution in [0.1, 0.15) is 34.5 Å². The minimum Gasteiger partial charge on any atom is -0.478 e. The molecular formula is C15H15BrN2O2. The summed E-state index contributed by atoms with van der Waals surface area (Å²) in [5, 5.41) is 12.4. The van der Waals surface area contributed by atoms with Gasteiger partial charge in [0.1, 0.15) is 0 Å². The Kier molecular flexibility index (Phi) is 4.39. The molecule has 1 aromatic carbocycles. The topological polar surface area (TPSA) is 62.2 Å². The zero-order chi connectivity index (χ0) is 14.7. The minimum atomic E-state index is -0.926. The number of aryl methyl sites for hydroxylation is 1. The summed E-state index contributed by atoms with van der Waals surface area (Å²) in [4.78, 5) is 15.2. The average molecular weight is 335 g/mol. The molecule has 1 aromatic heterocycles. The first-order chi connectivity index (χ1) is 9.47. The van der Waals surface area contributed by atoms with Gasteiger partial charge in [-0.15, -0.1) is 0 Å². The van der Waals surface area contributed by atoms with Crippen molar-refractivity contribution in [1.29, 1.82) is 0 Å². The average Bonchev–Trinajstić information content (AvgIpc) is 2.41. The zero-order valence-electron chi connectivity index (χ0n) is 11.2. The van der Waals surface area contributed by atoms with Crippen molar-refractivity contribution in [3.05, 3.63) is 57.8 Å². The van der Waals surface area contributed by atoms with Gasteiger partial charge in [0.05, 0.1) is 11.6 Å². The third kappa shape index (κ3) is 3.36. The largest absolute Gasteiger partial charge is 0.478 e. The lowest BCUT2D eigenvalue weighted by Gasteiger charge is -2.17. The first-order valence-corrected chi connectivity index (χ1v) is 6.97. The minimum absolute atomic E-state index is 0.0303. The van der Waals surface area contributed by atoms with E-state index >= 15 is 0 Å². The second-order valence-electron chi connectivity index (χ2n) is 4.64. The molecule has 0 saturated carbocycles. The van der Waals surface area contributed by atoms with Crippen LogP contribution in [-0.4, -0.2) is 16.1 Å². The highest BCUT2D eigenvalue weighted by atomic mass is 79.9. The Morgan fingerprint density at radius 2 is 2.10 bits per heavy atom. The number of aromatic nitrogens is 1. The van der Waals surface area contributed by atoms with E-state index in [2.05, 4.69) is 26.2 Å². The molecule has 1 unspecified atom stereocenters. The van der Waals surface area contributed by atoms with Crippen molar-refractivity contribution in [3.63, 3.8) is 0 Å². The summed E-state index contributed by atoms with van der Waals surface area (Å²) in [6, 6.07) is 7.08. The van der Waals surface area contributed by atoms with Gasteiger partial charge in [-0.2, -0.15) is 0 Å². The predicted octanol–water partition coefficient (Wildman–Crippen LogP) is 4.02. The standard InChI is InChI=1S/C15H15BrN2O2/c1-9-3-4-11(15(19)20)6-14(9)18-10(2)12-5-13(16)8-17-7-12/h3-8,10,18H,1-2H3,(H,19,20). The van der Waals surface area contributed by atoms with Gasteiger partial charge in [-0.1, -0.05) is 6.07 Å². The predicted molar refractivity (Wildman–Crippen MR) is 82.1 cm³/mol. The molecule has 0 fully saturated rings. The summed E-state index contributed by atoms with van der Waals surface area (Å²) in [6.07, 6.45) is 3.52. The van der Waals surface area contributed by atoms with Crippen LogP contribution < -0.4 is 5.32 Å². The summed E-state index contributed by atoms with van der Waals surface area (Å²) in [5.41, 5.74) is 3.12. The number of carboxylic acid groups (broad SMARTS) is 1. The van der Waals surface area contributed by atoms with Gasteiger partial charge in [0.2, 0.25) is 0 Å².